The number of hydrogen-bond donors (Lipinski definition) is 1. The number of likely N-dealkylation sites (tertiary alicyclic amines) is 1. The molecule has 88 valence electrons. The summed E-state index contributed by atoms with van der Waals surface area (Å²) >= 11 is 3.27. The van der Waals surface area contributed by atoms with Crippen LogP contribution in [0.3, 0.4) is 0 Å². The van der Waals surface area contributed by atoms with Gasteiger partial charge in [-0.25, -0.2) is 4.39 Å². The Labute approximate surface area is 104 Å². The summed E-state index contributed by atoms with van der Waals surface area (Å²) in [6, 6.07) is 5.39. The maximum atomic E-state index is 13.9. The fraction of sp³-hybridized carbons (Fsp3) is 0.500. The van der Waals surface area contributed by atoms with Gasteiger partial charge in [-0.15, -0.1) is 0 Å². The van der Waals surface area contributed by atoms with E-state index in [0.717, 1.165) is 23.0 Å². The molecule has 1 aromatic carbocycles. The van der Waals surface area contributed by atoms with E-state index < -0.39 is 0 Å². The lowest BCUT2D eigenvalue weighted by atomic mass is 9.93. The van der Waals surface area contributed by atoms with Gasteiger partial charge < -0.3 is 5.73 Å². The van der Waals surface area contributed by atoms with Gasteiger partial charge in [-0.2, -0.15) is 0 Å². The molecule has 2 unspecified atom stereocenters. The summed E-state index contributed by atoms with van der Waals surface area (Å²) in [5.41, 5.74) is 6.51. The summed E-state index contributed by atoms with van der Waals surface area (Å²) in [7, 11) is 2.03. The topological polar surface area (TPSA) is 29.3 Å². The van der Waals surface area contributed by atoms with Gasteiger partial charge in [0.25, 0.3) is 0 Å². The zero-order chi connectivity index (χ0) is 11.7. The molecule has 1 aliphatic rings. The second kappa shape index (κ2) is 4.82. The standard InChI is InChI=1S/C12H16BrFN2/c1-16-5-4-8(7-15)12(16)10-3-2-9(13)6-11(10)14/h2-3,6,8,12H,4-5,7,15H2,1H3. The van der Waals surface area contributed by atoms with Crippen LogP contribution in [-0.2, 0) is 0 Å². The first-order valence-corrected chi connectivity index (χ1v) is 6.28. The van der Waals surface area contributed by atoms with Crippen LogP contribution in [0.2, 0.25) is 0 Å². The molecular weight excluding hydrogens is 271 g/mol. The van der Waals surface area contributed by atoms with Crippen LogP contribution >= 0.6 is 15.9 Å². The minimum atomic E-state index is -0.147. The third kappa shape index (κ3) is 2.14. The van der Waals surface area contributed by atoms with Crippen molar-refractivity contribution in [1.29, 1.82) is 0 Å². The van der Waals surface area contributed by atoms with Gasteiger partial charge in [0.15, 0.2) is 0 Å². The normalized spacial score (nSPS) is 26.2. The lowest BCUT2D eigenvalue weighted by Gasteiger charge is -2.25. The molecule has 2 rings (SSSR count). The first kappa shape index (κ1) is 12.0. The van der Waals surface area contributed by atoms with Crippen LogP contribution in [0.25, 0.3) is 0 Å². The van der Waals surface area contributed by atoms with Crippen LogP contribution in [0, 0.1) is 11.7 Å². The molecule has 0 amide bonds. The van der Waals surface area contributed by atoms with Gasteiger partial charge in [-0.1, -0.05) is 22.0 Å². The molecule has 1 aromatic rings. The van der Waals surface area contributed by atoms with E-state index in [1.807, 2.05) is 19.2 Å². The number of halogens is 2. The molecule has 1 fully saturated rings. The number of hydrogen-bond acceptors (Lipinski definition) is 2. The molecule has 0 radical (unpaired) electrons. The smallest absolute Gasteiger partial charge is 0.129 e. The fourth-order valence-corrected chi connectivity index (χ4v) is 2.84. The van der Waals surface area contributed by atoms with Gasteiger partial charge in [0, 0.05) is 16.1 Å². The molecule has 0 saturated carbocycles. The Kier molecular flexibility index (Phi) is 3.62. The minimum absolute atomic E-state index is 0.123. The van der Waals surface area contributed by atoms with Gasteiger partial charge >= 0.3 is 0 Å². The molecule has 0 aliphatic carbocycles. The maximum absolute atomic E-state index is 13.9. The van der Waals surface area contributed by atoms with E-state index in [1.165, 1.54) is 6.07 Å². The van der Waals surface area contributed by atoms with Crippen LogP contribution in [-0.4, -0.2) is 25.0 Å². The molecule has 1 aliphatic heterocycles. The third-order valence-electron chi connectivity index (χ3n) is 3.36. The maximum Gasteiger partial charge on any atom is 0.129 e. The highest BCUT2D eigenvalue weighted by atomic mass is 79.9. The molecule has 4 heteroatoms. The van der Waals surface area contributed by atoms with Crippen molar-refractivity contribution in [3.8, 4) is 0 Å². The predicted molar refractivity (Wildman–Crippen MR) is 66.6 cm³/mol. The van der Waals surface area contributed by atoms with E-state index in [0.29, 0.717) is 12.5 Å². The van der Waals surface area contributed by atoms with Crippen molar-refractivity contribution in [1.82, 2.24) is 4.90 Å². The lowest BCUT2D eigenvalue weighted by molar-refractivity contribution is 0.272. The summed E-state index contributed by atoms with van der Waals surface area (Å²) in [5, 5.41) is 0. The average molecular weight is 287 g/mol. The molecule has 0 bridgehead atoms. The first-order chi connectivity index (χ1) is 7.63. The highest BCUT2D eigenvalue weighted by molar-refractivity contribution is 9.10. The quantitative estimate of drug-likeness (QED) is 0.905. The molecule has 2 nitrogen and oxygen atoms in total. The molecule has 0 aromatic heterocycles. The Morgan fingerprint density at radius 2 is 2.31 bits per heavy atom. The number of benzene rings is 1. The Balaban J connectivity index is 2.34. The van der Waals surface area contributed by atoms with Gasteiger partial charge in [-0.3, -0.25) is 4.90 Å². The zero-order valence-corrected chi connectivity index (χ0v) is 10.9. The predicted octanol–water partition coefficient (Wildman–Crippen LogP) is 2.54. The van der Waals surface area contributed by atoms with E-state index in [9.17, 15) is 4.39 Å². The average Bonchev–Trinajstić information content (AvgIpc) is 2.60. The lowest BCUT2D eigenvalue weighted by Crippen LogP contribution is -2.26. The molecular formula is C12H16BrFN2. The van der Waals surface area contributed by atoms with Crippen molar-refractivity contribution in [2.45, 2.75) is 12.5 Å². The van der Waals surface area contributed by atoms with Crippen molar-refractivity contribution in [2.24, 2.45) is 11.7 Å². The molecule has 1 saturated heterocycles. The van der Waals surface area contributed by atoms with Crippen molar-refractivity contribution >= 4 is 15.9 Å². The van der Waals surface area contributed by atoms with E-state index >= 15 is 0 Å². The molecule has 0 spiro atoms. The summed E-state index contributed by atoms with van der Waals surface area (Å²) in [6.45, 7) is 1.60. The Morgan fingerprint density at radius 3 is 2.94 bits per heavy atom. The number of rotatable bonds is 2. The summed E-state index contributed by atoms with van der Waals surface area (Å²) in [6.07, 6.45) is 1.05. The molecule has 16 heavy (non-hydrogen) atoms. The first-order valence-electron chi connectivity index (χ1n) is 5.48. The highest BCUT2D eigenvalue weighted by Gasteiger charge is 2.33. The SMILES string of the molecule is CN1CCC(CN)C1c1ccc(Br)cc1F. The van der Waals surface area contributed by atoms with Gasteiger partial charge in [0.05, 0.1) is 0 Å². The largest absolute Gasteiger partial charge is 0.330 e. The Morgan fingerprint density at radius 1 is 1.56 bits per heavy atom. The second-order valence-corrected chi connectivity index (χ2v) is 5.29. The van der Waals surface area contributed by atoms with Crippen LogP contribution in [0.1, 0.15) is 18.0 Å². The van der Waals surface area contributed by atoms with Crippen LogP contribution < -0.4 is 5.73 Å². The van der Waals surface area contributed by atoms with Gasteiger partial charge in [0.1, 0.15) is 5.82 Å². The summed E-state index contributed by atoms with van der Waals surface area (Å²) in [5.74, 6) is 0.215. The van der Waals surface area contributed by atoms with E-state index in [-0.39, 0.29) is 11.9 Å². The molecule has 2 N–H and O–H groups in total. The van der Waals surface area contributed by atoms with Crippen molar-refractivity contribution in [3.05, 3.63) is 34.1 Å². The summed E-state index contributed by atoms with van der Waals surface area (Å²) in [4.78, 5) is 2.18. The highest BCUT2D eigenvalue weighted by Crippen LogP contribution is 2.37. The van der Waals surface area contributed by atoms with Crippen molar-refractivity contribution in [2.75, 3.05) is 20.1 Å². The van der Waals surface area contributed by atoms with Gasteiger partial charge in [0.2, 0.25) is 0 Å². The van der Waals surface area contributed by atoms with Crippen LogP contribution in [0.4, 0.5) is 4.39 Å². The molecule has 1 heterocycles. The van der Waals surface area contributed by atoms with E-state index in [1.54, 1.807) is 0 Å². The van der Waals surface area contributed by atoms with Crippen molar-refractivity contribution in [3.63, 3.8) is 0 Å². The van der Waals surface area contributed by atoms with Crippen molar-refractivity contribution < 1.29 is 4.39 Å². The van der Waals surface area contributed by atoms with E-state index in [2.05, 4.69) is 20.8 Å². The van der Waals surface area contributed by atoms with Crippen LogP contribution in [0.5, 0.6) is 0 Å². The third-order valence-corrected chi connectivity index (χ3v) is 3.85. The Hall–Kier alpha value is -0.450. The minimum Gasteiger partial charge on any atom is -0.330 e. The second-order valence-electron chi connectivity index (χ2n) is 4.38. The number of nitrogens with two attached hydrogens (primary N) is 1. The van der Waals surface area contributed by atoms with E-state index in [4.69, 9.17) is 5.73 Å². The van der Waals surface area contributed by atoms with Crippen LogP contribution in [0.15, 0.2) is 22.7 Å². The fourth-order valence-electron chi connectivity index (χ4n) is 2.51. The summed E-state index contributed by atoms with van der Waals surface area (Å²) < 4.78 is 14.7. The zero-order valence-electron chi connectivity index (χ0n) is 9.29. The monoisotopic (exact) mass is 286 g/mol. The Bertz CT molecular complexity index is 383. The molecule has 2 atom stereocenters. The van der Waals surface area contributed by atoms with Gasteiger partial charge in [-0.05, 0) is 44.6 Å². The number of nitrogens with zero attached hydrogens (tertiary/aromatic N) is 1.